The number of hydrogen-bond donors (Lipinski definition) is 2. The molecule has 5 heteroatoms. The van der Waals surface area contributed by atoms with Gasteiger partial charge in [-0.25, -0.2) is 0 Å². The summed E-state index contributed by atoms with van der Waals surface area (Å²) >= 11 is 3.32. The summed E-state index contributed by atoms with van der Waals surface area (Å²) < 4.78 is 0.644. The lowest BCUT2D eigenvalue weighted by atomic mass is 10.1. The Morgan fingerprint density at radius 3 is 2.55 bits per heavy atom. The predicted octanol–water partition coefficient (Wildman–Crippen LogP) is 2.96. The summed E-state index contributed by atoms with van der Waals surface area (Å²) in [6, 6.07) is 15.4. The first-order valence-electron chi connectivity index (χ1n) is 5.93. The van der Waals surface area contributed by atoms with Crippen molar-refractivity contribution in [1.82, 2.24) is 0 Å². The monoisotopic (exact) mass is 329 g/mol. The number of hydrogen-bond acceptors (Lipinski definition) is 3. The maximum absolute atomic E-state index is 12.1. The molecule has 0 saturated heterocycles. The zero-order valence-corrected chi connectivity index (χ0v) is 12.1. The third-order valence-corrected chi connectivity index (χ3v) is 3.45. The second-order valence-electron chi connectivity index (χ2n) is 4.18. The van der Waals surface area contributed by atoms with E-state index in [-0.39, 0.29) is 5.91 Å². The topological polar surface area (TPSA) is 78.9 Å². The number of nitrogens with two attached hydrogens (primary N) is 1. The first kappa shape index (κ1) is 14.3. The summed E-state index contributed by atoms with van der Waals surface area (Å²) in [7, 11) is 0. The summed E-state index contributed by atoms with van der Waals surface area (Å²) in [5, 5.41) is 11.5. The van der Waals surface area contributed by atoms with Crippen molar-refractivity contribution < 1.29 is 4.79 Å². The van der Waals surface area contributed by atoms with E-state index in [1.807, 2.05) is 24.3 Å². The number of carbonyl (C=O) groups excluding carboxylic acids is 1. The molecule has 0 heterocycles. The molecule has 0 aliphatic carbocycles. The lowest BCUT2D eigenvalue weighted by Crippen LogP contribution is -2.27. The van der Waals surface area contributed by atoms with Crippen LogP contribution in [0.2, 0.25) is 0 Å². The van der Waals surface area contributed by atoms with E-state index in [4.69, 9.17) is 11.0 Å². The van der Waals surface area contributed by atoms with E-state index in [1.165, 1.54) is 0 Å². The first-order chi connectivity index (χ1) is 9.61. The molecule has 0 spiro atoms. The molecule has 2 aromatic carbocycles. The second-order valence-corrected chi connectivity index (χ2v) is 5.04. The highest BCUT2D eigenvalue weighted by Crippen LogP contribution is 2.24. The average Bonchev–Trinajstić information content (AvgIpc) is 2.49. The molecule has 0 bridgehead atoms. The number of rotatable bonds is 3. The largest absolute Gasteiger partial charge is 0.323 e. The average molecular weight is 330 g/mol. The number of carbonyl (C=O) groups is 1. The van der Waals surface area contributed by atoms with Crippen molar-refractivity contribution in [3.8, 4) is 6.07 Å². The minimum absolute atomic E-state index is 0.304. The molecule has 3 N–H and O–H groups in total. The van der Waals surface area contributed by atoms with Gasteiger partial charge in [-0.1, -0.05) is 30.3 Å². The number of nitrogens with zero attached hydrogens (tertiary/aromatic N) is 1. The smallest absolute Gasteiger partial charge is 0.245 e. The van der Waals surface area contributed by atoms with Crippen molar-refractivity contribution in [3.63, 3.8) is 0 Å². The molecule has 0 aliphatic rings. The van der Waals surface area contributed by atoms with Crippen LogP contribution in [-0.4, -0.2) is 5.91 Å². The quantitative estimate of drug-likeness (QED) is 0.908. The Hall–Kier alpha value is -2.16. The number of halogens is 1. The number of benzene rings is 2. The summed E-state index contributed by atoms with van der Waals surface area (Å²) in [6.07, 6.45) is 0. The molecule has 0 saturated carbocycles. The van der Waals surface area contributed by atoms with Crippen LogP contribution in [0, 0.1) is 11.3 Å². The number of nitriles is 1. The van der Waals surface area contributed by atoms with Gasteiger partial charge >= 0.3 is 0 Å². The number of anilines is 1. The van der Waals surface area contributed by atoms with Crippen molar-refractivity contribution in [2.75, 3.05) is 5.32 Å². The molecule has 100 valence electrons. The van der Waals surface area contributed by atoms with E-state index in [0.29, 0.717) is 15.7 Å². The maximum atomic E-state index is 12.1. The standard InChI is InChI=1S/C15H12BrN3O/c16-12-8-10(9-17)6-7-13(12)19-15(20)14(18)11-4-2-1-3-5-11/h1-8,14H,18H2,(H,19,20)/t14-/m0/s1. The van der Waals surface area contributed by atoms with Gasteiger partial charge in [0.05, 0.1) is 17.3 Å². The van der Waals surface area contributed by atoms with E-state index in [2.05, 4.69) is 21.2 Å². The summed E-state index contributed by atoms with van der Waals surface area (Å²) in [4.78, 5) is 12.1. The molecule has 0 aliphatic heterocycles. The number of nitrogens with one attached hydrogen (secondary N) is 1. The van der Waals surface area contributed by atoms with Gasteiger partial charge in [0.15, 0.2) is 0 Å². The van der Waals surface area contributed by atoms with Crippen LogP contribution in [0.1, 0.15) is 17.2 Å². The highest BCUT2D eigenvalue weighted by Gasteiger charge is 2.16. The zero-order valence-electron chi connectivity index (χ0n) is 10.5. The van der Waals surface area contributed by atoms with Gasteiger partial charge in [-0.2, -0.15) is 5.26 Å². The van der Waals surface area contributed by atoms with Gasteiger partial charge in [0.2, 0.25) is 5.91 Å². The number of amides is 1. The van der Waals surface area contributed by atoms with Crippen LogP contribution in [0.4, 0.5) is 5.69 Å². The third kappa shape index (κ3) is 3.23. The fraction of sp³-hybridized carbons (Fsp3) is 0.0667. The van der Waals surface area contributed by atoms with Gasteiger partial charge in [-0.05, 0) is 39.7 Å². The van der Waals surface area contributed by atoms with E-state index in [0.717, 1.165) is 5.56 Å². The van der Waals surface area contributed by atoms with Gasteiger partial charge in [0.25, 0.3) is 0 Å². The molecular weight excluding hydrogens is 318 g/mol. The van der Waals surface area contributed by atoms with Gasteiger partial charge in [-0.15, -0.1) is 0 Å². The van der Waals surface area contributed by atoms with Gasteiger partial charge < -0.3 is 11.1 Å². The molecular formula is C15H12BrN3O. The van der Waals surface area contributed by atoms with Crippen LogP contribution < -0.4 is 11.1 Å². The normalized spacial score (nSPS) is 11.4. The molecule has 2 rings (SSSR count). The first-order valence-corrected chi connectivity index (χ1v) is 6.72. The highest BCUT2D eigenvalue weighted by molar-refractivity contribution is 9.10. The third-order valence-electron chi connectivity index (χ3n) is 2.80. The van der Waals surface area contributed by atoms with Gasteiger partial charge in [0.1, 0.15) is 6.04 Å². The Labute approximate surface area is 125 Å². The fourth-order valence-electron chi connectivity index (χ4n) is 1.71. The van der Waals surface area contributed by atoms with Gasteiger partial charge in [-0.3, -0.25) is 4.79 Å². The van der Waals surface area contributed by atoms with Crippen molar-refractivity contribution in [1.29, 1.82) is 5.26 Å². The molecule has 2 aromatic rings. The van der Waals surface area contributed by atoms with E-state index < -0.39 is 6.04 Å². The van der Waals surface area contributed by atoms with Crippen LogP contribution in [0.3, 0.4) is 0 Å². The minimum atomic E-state index is -0.737. The zero-order chi connectivity index (χ0) is 14.5. The van der Waals surface area contributed by atoms with E-state index >= 15 is 0 Å². The second kappa shape index (κ2) is 6.33. The fourth-order valence-corrected chi connectivity index (χ4v) is 2.19. The predicted molar refractivity (Wildman–Crippen MR) is 80.9 cm³/mol. The van der Waals surface area contributed by atoms with Crippen LogP contribution in [-0.2, 0) is 4.79 Å². The molecule has 0 fully saturated rings. The summed E-state index contributed by atoms with van der Waals surface area (Å²) in [5.41, 5.74) is 7.76. The summed E-state index contributed by atoms with van der Waals surface area (Å²) in [5.74, 6) is -0.304. The van der Waals surface area contributed by atoms with Crippen LogP contribution in [0.5, 0.6) is 0 Å². The SMILES string of the molecule is N#Cc1ccc(NC(=O)[C@@H](N)c2ccccc2)c(Br)c1. The highest BCUT2D eigenvalue weighted by atomic mass is 79.9. The summed E-state index contributed by atoms with van der Waals surface area (Å²) in [6.45, 7) is 0. The Kier molecular flexibility index (Phi) is 4.51. The van der Waals surface area contributed by atoms with Crippen molar-refractivity contribution in [3.05, 3.63) is 64.1 Å². The lowest BCUT2D eigenvalue weighted by molar-refractivity contribution is -0.117. The maximum Gasteiger partial charge on any atom is 0.245 e. The van der Waals surface area contributed by atoms with Crippen molar-refractivity contribution in [2.24, 2.45) is 5.73 Å². The van der Waals surface area contributed by atoms with Crippen LogP contribution in [0.15, 0.2) is 53.0 Å². The lowest BCUT2D eigenvalue weighted by Gasteiger charge is -2.13. The molecule has 4 nitrogen and oxygen atoms in total. The Bertz CT molecular complexity index is 665. The van der Waals surface area contributed by atoms with Crippen LogP contribution >= 0.6 is 15.9 Å². The molecule has 1 amide bonds. The molecule has 0 radical (unpaired) electrons. The molecule has 0 aromatic heterocycles. The Morgan fingerprint density at radius 2 is 1.95 bits per heavy atom. The molecule has 1 atom stereocenters. The van der Waals surface area contributed by atoms with Gasteiger partial charge in [0, 0.05) is 4.47 Å². The minimum Gasteiger partial charge on any atom is -0.323 e. The Balaban J connectivity index is 2.14. The molecule has 0 unspecified atom stereocenters. The van der Waals surface area contributed by atoms with Crippen LogP contribution in [0.25, 0.3) is 0 Å². The van der Waals surface area contributed by atoms with Crippen molar-refractivity contribution >= 4 is 27.5 Å². The Morgan fingerprint density at radius 1 is 1.25 bits per heavy atom. The van der Waals surface area contributed by atoms with E-state index in [9.17, 15) is 4.79 Å². The molecule has 20 heavy (non-hydrogen) atoms. The van der Waals surface area contributed by atoms with Crippen molar-refractivity contribution in [2.45, 2.75) is 6.04 Å². The van der Waals surface area contributed by atoms with E-state index in [1.54, 1.807) is 30.3 Å².